The van der Waals surface area contributed by atoms with Gasteiger partial charge in [0.2, 0.25) is 5.91 Å². The van der Waals surface area contributed by atoms with Gasteiger partial charge in [-0.25, -0.2) is 0 Å². The topological polar surface area (TPSA) is 58.6 Å². The molecule has 2 amide bonds. The zero-order chi connectivity index (χ0) is 22.3. The van der Waals surface area contributed by atoms with Gasteiger partial charge in [-0.15, -0.1) is 22.7 Å². The molecule has 2 aromatic heterocycles. The SMILES string of the molecule is COc1ccc(CN(C(=O)c2cccs2)C(C(=O)NC2CCCCC2)c2cccs2)cc1. The number of rotatable bonds is 8. The van der Waals surface area contributed by atoms with Gasteiger partial charge in [0.05, 0.1) is 12.0 Å². The molecule has 32 heavy (non-hydrogen) atoms. The molecule has 168 valence electrons. The lowest BCUT2D eigenvalue weighted by molar-refractivity contribution is -0.127. The summed E-state index contributed by atoms with van der Waals surface area (Å²) in [6, 6.07) is 14.7. The minimum absolute atomic E-state index is 0.0993. The molecule has 0 bridgehead atoms. The maximum atomic E-state index is 13.6. The van der Waals surface area contributed by atoms with Crippen molar-refractivity contribution in [2.24, 2.45) is 0 Å². The summed E-state index contributed by atoms with van der Waals surface area (Å²) in [5.41, 5.74) is 0.947. The van der Waals surface area contributed by atoms with E-state index >= 15 is 0 Å². The Morgan fingerprint density at radius 2 is 1.75 bits per heavy atom. The van der Waals surface area contributed by atoms with E-state index in [0.29, 0.717) is 11.4 Å². The molecule has 1 fully saturated rings. The van der Waals surface area contributed by atoms with E-state index in [-0.39, 0.29) is 17.9 Å². The summed E-state index contributed by atoms with van der Waals surface area (Å²) >= 11 is 2.91. The van der Waals surface area contributed by atoms with Crippen LogP contribution in [0.2, 0.25) is 0 Å². The molecular formula is C25H28N2O3S2. The summed E-state index contributed by atoms with van der Waals surface area (Å²) in [5, 5.41) is 7.09. The van der Waals surface area contributed by atoms with Crippen LogP contribution in [0.3, 0.4) is 0 Å². The molecule has 3 aromatic rings. The largest absolute Gasteiger partial charge is 0.497 e. The molecule has 0 spiro atoms. The summed E-state index contributed by atoms with van der Waals surface area (Å²) in [5.74, 6) is 0.528. The Balaban J connectivity index is 1.66. The van der Waals surface area contributed by atoms with E-state index in [1.165, 1.54) is 29.1 Å². The highest BCUT2D eigenvalue weighted by Crippen LogP contribution is 2.31. The van der Waals surface area contributed by atoms with Gasteiger partial charge >= 0.3 is 0 Å². The maximum Gasteiger partial charge on any atom is 0.265 e. The third-order valence-corrected chi connectivity index (χ3v) is 7.61. The molecule has 1 atom stereocenters. The molecule has 5 nitrogen and oxygen atoms in total. The van der Waals surface area contributed by atoms with Crippen LogP contribution in [-0.4, -0.2) is 29.9 Å². The van der Waals surface area contributed by atoms with Gasteiger partial charge in [0.15, 0.2) is 0 Å². The molecule has 1 saturated carbocycles. The summed E-state index contributed by atoms with van der Waals surface area (Å²) in [6.07, 6.45) is 5.50. The third kappa shape index (κ3) is 5.40. The number of carbonyl (C=O) groups is 2. The minimum atomic E-state index is -0.673. The number of benzene rings is 1. The number of nitrogens with one attached hydrogen (secondary N) is 1. The second-order valence-corrected chi connectivity index (χ2v) is 9.95. The number of amides is 2. The second kappa shape index (κ2) is 10.8. The smallest absolute Gasteiger partial charge is 0.265 e. The predicted molar refractivity (Wildman–Crippen MR) is 129 cm³/mol. The Morgan fingerprint density at radius 1 is 1.03 bits per heavy atom. The van der Waals surface area contributed by atoms with E-state index in [1.807, 2.05) is 59.3 Å². The molecule has 7 heteroatoms. The standard InChI is InChI=1S/C25H28N2O3S2/c1-30-20-13-11-18(12-14-20)17-27(25(29)22-10-6-16-32-22)23(21-9-5-15-31-21)24(28)26-19-7-3-2-4-8-19/h5-6,9-16,19,23H,2-4,7-8,17H2,1H3,(H,26,28). The fraction of sp³-hybridized carbons (Fsp3) is 0.360. The van der Waals surface area contributed by atoms with Crippen molar-refractivity contribution in [1.29, 1.82) is 0 Å². The average molecular weight is 469 g/mol. The first kappa shape index (κ1) is 22.6. The van der Waals surface area contributed by atoms with Crippen LogP contribution in [0, 0.1) is 0 Å². The van der Waals surface area contributed by atoms with Crippen molar-refractivity contribution in [2.75, 3.05) is 7.11 Å². The van der Waals surface area contributed by atoms with Crippen molar-refractivity contribution < 1.29 is 14.3 Å². The highest BCUT2D eigenvalue weighted by Gasteiger charge is 2.34. The van der Waals surface area contributed by atoms with Gasteiger partial charge in [0.25, 0.3) is 5.91 Å². The maximum absolute atomic E-state index is 13.6. The Morgan fingerprint density at radius 3 is 2.38 bits per heavy atom. The average Bonchev–Trinajstić information content (AvgIpc) is 3.54. The van der Waals surface area contributed by atoms with Crippen LogP contribution in [-0.2, 0) is 11.3 Å². The fourth-order valence-corrected chi connectivity index (χ4v) is 5.66. The molecule has 1 N–H and O–H groups in total. The number of hydrogen-bond donors (Lipinski definition) is 1. The lowest BCUT2D eigenvalue weighted by atomic mass is 9.95. The molecular weight excluding hydrogens is 440 g/mol. The van der Waals surface area contributed by atoms with Crippen LogP contribution in [0.25, 0.3) is 0 Å². The molecule has 1 unspecified atom stereocenters. The first-order valence-electron chi connectivity index (χ1n) is 11.0. The van der Waals surface area contributed by atoms with Crippen molar-refractivity contribution in [3.8, 4) is 5.75 Å². The van der Waals surface area contributed by atoms with Gasteiger partial charge < -0.3 is 15.0 Å². The highest BCUT2D eigenvalue weighted by atomic mass is 32.1. The van der Waals surface area contributed by atoms with Gasteiger partial charge in [-0.1, -0.05) is 43.5 Å². The molecule has 2 heterocycles. The quantitative estimate of drug-likeness (QED) is 0.465. The van der Waals surface area contributed by atoms with Crippen molar-refractivity contribution in [1.82, 2.24) is 10.2 Å². The van der Waals surface area contributed by atoms with E-state index < -0.39 is 6.04 Å². The van der Waals surface area contributed by atoms with E-state index in [0.717, 1.165) is 41.9 Å². The van der Waals surface area contributed by atoms with Crippen molar-refractivity contribution in [2.45, 2.75) is 50.7 Å². The monoisotopic (exact) mass is 468 g/mol. The fourth-order valence-electron chi connectivity index (χ4n) is 4.15. The van der Waals surface area contributed by atoms with Crippen LogP contribution >= 0.6 is 22.7 Å². The Hall–Kier alpha value is -2.64. The first-order chi connectivity index (χ1) is 15.7. The van der Waals surface area contributed by atoms with Gasteiger partial charge in [-0.05, 0) is 53.4 Å². The van der Waals surface area contributed by atoms with E-state index in [1.54, 1.807) is 12.0 Å². The van der Waals surface area contributed by atoms with Gasteiger partial charge in [-0.2, -0.15) is 0 Å². The summed E-state index contributed by atoms with van der Waals surface area (Å²) in [4.78, 5) is 30.4. The third-order valence-electron chi connectivity index (χ3n) is 5.83. The number of ether oxygens (including phenoxy) is 1. The minimum Gasteiger partial charge on any atom is -0.497 e. The van der Waals surface area contributed by atoms with Crippen molar-refractivity contribution in [3.63, 3.8) is 0 Å². The van der Waals surface area contributed by atoms with Crippen LogP contribution in [0.4, 0.5) is 0 Å². The zero-order valence-electron chi connectivity index (χ0n) is 18.2. The van der Waals surface area contributed by atoms with Crippen molar-refractivity contribution >= 4 is 34.5 Å². The van der Waals surface area contributed by atoms with Crippen LogP contribution in [0.15, 0.2) is 59.3 Å². The van der Waals surface area contributed by atoms with Crippen molar-refractivity contribution in [3.05, 3.63) is 74.6 Å². The summed E-state index contributed by atoms with van der Waals surface area (Å²) in [7, 11) is 1.63. The first-order valence-corrected chi connectivity index (χ1v) is 12.7. The molecule has 0 saturated heterocycles. The van der Waals surface area contributed by atoms with E-state index in [9.17, 15) is 9.59 Å². The van der Waals surface area contributed by atoms with Crippen LogP contribution < -0.4 is 10.1 Å². The highest BCUT2D eigenvalue weighted by molar-refractivity contribution is 7.12. The Labute approximate surface area is 197 Å². The van der Waals surface area contributed by atoms with Gasteiger partial charge in [0.1, 0.15) is 11.8 Å². The molecule has 1 aliphatic carbocycles. The van der Waals surface area contributed by atoms with Gasteiger partial charge in [0, 0.05) is 17.5 Å². The molecule has 0 aliphatic heterocycles. The van der Waals surface area contributed by atoms with Gasteiger partial charge in [-0.3, -0.25) is 9.59 Å². The Bertz CT molecular complexity index is 995. The molecule has 1 aromatic carbocycles. The van der Waals surface area contributed by atoms with E-state index in [4.69, 9.17) is 4.74 Å². The lowest BCUT2D eigenvalue weighted by Gasteiger charge is -2.32. The van der Waals surface area contributed by atoms with E-state index in [2.05, 4.69) is 5.32 Å². The number of methoxy groups -OCH3 is 1. The summed E-state index contributed by atoms with van der Waals surface area (Å²) in [6.45, 7) is 0.335. The number of hydrogen-bond acceptors (Lipinski definition) is 5. The molecule has 4 rings (SSSR count). The Kier molecular flexibility index (Phi) is 7.60. The number of carbonyl (C=O) groups excluding carboxylic acids is 2. The lowest BCUT2D eigenvalue weighted by Crippen LogP contribution is -2.46. The molecule has 1 aliphatic rings. The number of nitrogens with zero attached hydrogens (tertiary/aromatic N) is 1. The van der Waals surface area contributed by atoms with Crippen LogP contribution in [0.5, 0.6) is 5.75 Å². The zero-order valence-corrected chi connectivity index (χ0v) is 19.8. The summed E-state index contributed by atoms with van der Waals surface area (Å²) < 4.78 is 5.27. The van der Waals surface area contributed by atoms with Crippen LogP contribution in [0.1, 0.15) is 58.3 Å². The molecule has 0 radical (unpaired) electrons. The predicted octanol–water partition coefficient (Wildman–Crippen LogP) is 5.65. The number of thiophene rings is 2. The second-order valence-electron chi connectivity index (χ2n) is 8.02. The normalized spacial score (nSPS) is 15.2.